The smallest absolute Gasteiger partial charge is 0.255 e. The van der Waals surface area contributed by atoms with Crippen LogP contribution in [0.4, 0.5) is 0 Å². The molecule has 2 aromatic rings. The van der Waals surface area contributed by atoms with Crippen LogP contribution >= 0.6 is 12.4 Å². The normalized spacial score (nSPS) is 22.9. The predicted molar refractivity (Wildman–Crippen MR) is 112 cm³/mol. The Bertz CT molecular complexity index is 801. The van der Waals surface area contributed by atoms with Crippen molar-refractivity contribution in [1.82, 2.24) is 14.8 Å². The molecule has 1 N–H and O–H groups in total. The number of amides is 1. The Kier molecular flexibility index (Phi) is 5.97. The molecule has 2 bridgehead atoms. The summed E-state index contributed by atoms with van der Waals surface area (Å²) < 4.78 is 2.30. The maximum Gasteiger partial charge on any atom is 0.255 e. The van der Waals surface area contributed by atoms with Crippen LogP contribution in [-0.4, -0.2) is 40.5 Å². The van der Waals surface area contributed by atoms with E-state index in [4.69, 9.17) is 0 Å². The van der Waals surface area contributed by atoms with Crippen LogP contribution in [0.2, 0.25) is 0 Å². The summed E-state index contributed by atoms with van der Waals surface area (Å²) in [5.74, 6) is 0.193. The summed E-state index contributed by atoms with van der Waals surface area (Å²) in [5, 5.41) is 3.66. The van der Waals surface area contributed by atoms with E-state index >= 15 is 0 Å². The highest BCUT2D eigenvalue weighted by Gasteiger charge is 2.32. The van der Waals surface area contributed by atoms with Crippen LogP contribution in [0.5, 0.6) is 0 Å². The van der Waals surface area contributed by atoms with Crippen LogP contribution in [0.3, 0.4) is 0 Å². The Hall–Kier alpha value is -1.78. The van der Waals surface area contributed by atoms with Crippen LogP contribution in [-0.2, 0) is 0 Å². The summed E-state index contributed by atoms with van der Waals surface area (Å²) in [7, 11) is 0. The van der Waals surface area contributed by atoms with Gasteiger partial charge in [-0.25, -0.2) is 0 Å². The van der Waals surface area contributed by atoms with E-state index in [1.165, 1.54) is 18.4 Å². The van der Waals surface area contributed by atoms with Gasteiger partial charge < -0.3 is 14.8 Å². The molecule has 0 spiro atoms. The van der Waals surface area contributed by atoms with Crippen molar-refractivity contribution in [3.8, 4) is 0 Å². The minimum atomic E-state index is 0. The zero-order chi connectivity index (χ0) is 18.3. The maximum atomic E-state index is 13.3. The fourth-order valence-corrected chi connectivity index (χ4v) is 4.77. The number of benzene rings is 1. The lowest BCUT2D eigenvalue weighted by Gasteiger charge is -2.25. The minimum absolute atomic E-state index is 0. The molecule has 2 aliphatic rings. The van der Waals surface area contributed by atoms with Crippen LogP contribution in [0.1, 0.15) is 59.5 Å². The Labute approximate surface area is 168 Å². The highest BCUT2D eigenvalue weighted by molar-refractivity contribution is 5.95. The molecule has 146 valence electrons. The number of fused-ring (bicyclic) bond motifs is 2. The van der Waals surface area contributed by atoms with E-state index in [9.17, 15) is 4.79 Å². The molecule has 4 nitrogen and oxygen atoms in total. The molecule has 3 heterocycles. The Morgan fingerprint density at radius 1 is 1.11 bits per heavy atom. The van der Waals surface area contributed by atoms with Gasteiger partial charge in [-0.05, 0) is 51.7 Å². The largest absolute Gasteiger partial charge is 0.341 e. The van der Waals surface area contributed by atoms with Gasteiger partial charge in [0.2, 0.25) is 0 Å². The minimum Gasteiger partial charge on any atom is -0.341 e. The molecule has 2 saturated heterocycles. The van der Waals surface area contributed by atoms with Gasteiger partial charge in [-0.2, -0.15) is 0 Å². The lowest BCUT2D eigenvalue weighted by Crippen LogP contribution is -2.39. The molecular weight excluding hydrogens is 358 g/mol. The van der Waals surface area contributed by atoms with Crippen LogP contribution < -0.4 is 5.32 Å². The lowest BCUT2D eigenvalue weighted by molar-refractivity contribution is 0.0747. The highest BCUT2D eigenvalue weighted by atomic mass is 35.5. The molecule has 0 saturated carbocycles. The predicted octanol–water partition coefficient (Wildman–Crippen LogP) is 4.10. The molecule has 5 heteroatoms. The fraction of sp³-hybridized carbons (Fsp3) is 0.500. The number of carbonyl (C=O) groups excluding carboxylic acids is 1. The van der Waals surface area contributed by atoms with Crippen molar-refractivity contribution in [3.05, 3.63) is 58.9 Å². The monoisotopic (exact) mass is 387 g/mol. The van der Waals surface area contributed by atoms with Crippen molar-refractivity contribution in [2.24, 2.45) is 0 Å². The number of nitrogens with zero attached hydrogens (tertiary/aromatic N) is 2. The first-order chi connectivity index (χ1) is 12.5. The van der Waals surface area contributed by atoms with Crippen molar-refractivity contribution in [3.63, 3.8) is 0 Å². The van der Waals surface area contributed by atoms with E-state index < -0.39 is 0 Å². The summed E-state index contributed by atoms with van der Waals surface area (Å²) in [5.41, 5.74) is 4.36. The number of halogens is 1. The van der Waals surface area contributed by atoms with E-state index in [0.717, 1.165) is 36.5 Å². The van der Waals surface area contributed by atoms with Gasteiger partial charge in [-0.3, -0.25) is 4.79 Å². The second-order valence-corrected chi connectivity index (χ2v) is 7.92. The SMILES string of the molecule is Cc1cc(C(=O)N2CCC3CCC(C2)N3)c(C)n1C(C)c1ccccc1.Cl. The van der Waals surface area contributed by atoms with Crippen LogP contribution in [0.15, 0.2) is 36.4 Å². The number of hydrogen-bond donors (Lipinski definition) is 1. The lowest BCUT2D eigenvalue weighted by atomic mass is 10.1. The maximum absolute atomic E-state index is 13.3. The number of hydrogen-bond acceptors (Lipinski definition) is 2. The number of rotatable bonds is 3. The average Bonchev–Trinajstić information content (AvgIpc) is 3.13. The van der Waals surface area contributed by atoms with E-state index in [-0.39, 0.29) is 24.4 Å². The Balaban J connectivity index is 0.00000210. The zero-order valence-electron chi connectivity index (χ0n) is 16.4. The second kappa shape index (κ2) is 8.07. The first-order valence-corrected chi connectivity index (χ1v) is 9.83. The molecule has 2 fully saturated rings. The summed E-state index contributed by atoms with van der Waals surface area (Å²) in [4.78, 5) is 15.3. The van der Waals surface area contributed by atoms with Gasteiger partial charge in [0.1, 0.15) is 0 Å². The van der Waals surface area contributed by atoms with Crippen LogP contribution in [0.25, 0.3) is 0 Å². The van der Waals surface area contributed by atoms with Gasteiger partial charge in [-0.15, -0.1) is 12.4 Å². The third-order valence-corrected chi connectivity index (χ3v) is 6.19. The van der Waals surface area contributed by atoms with E-state index in [1.807, 2.05) is 6.07 Å². The second-order valence-electron chi connectivity index (χ2n) is 7.92. The van der Waals surface area contributed by atoms with Crippen molar-refractivity contribution in [1.29, 1.82) is 0 Å². The van der Waals surface area contributed by atoms with E-state index in [0.29, 0.717) is 12.1 Å². The number of nitrogens with one attached hydrogen (secondary N) is 1. The molecule has 0 aliphatic carbocycles. The van der Waals surface area contributed by atoms with Gasteiger partial charge in [0, 0.05) is 36.6 Å². The van der Waals surface area contributed by atoms with Gasteiger partial charge >= 0.3 is 0 Å². The first kappa shape index (κ1) is 20.0. The summed E-state index contributed by atoms with van der Waals surface area (Å²) >= 11 is 0. The average molecular weight is 388 g/mol. The topological polar surface area (TPSA) is 37.3 Å². The number of aryl methyl sites for hydroxylation is 1. The van der Waals surface area contributed by atoms with Crippen molar-refractivity contribution >= 4 is 18.3 Å². The number of carbonyl (C=O) groups is 1. The summed E-state index contributed by atoms with van der Waals surface area (Å²) in [6, 6.07) is 13.9. The molecule has 0 radical (unpaired) electrons. The van der Waals surface area contributed by atoms with Crippen LogP contribution in [0, 0.1) is 13.8 Å². The number of likely N-dealkylation sites (tertiary alicyclic amines) is 1. The highest BCUT2D eigenvalue weighted by Crippen LogP contribution is 2.27. The van der Waals surface area contributed by atoms with Crippen molar-refractivity contribution < 1.29 is 4.79 Å². The summed E-state index contributed by atoms with van der Waals surface area (Å²) in [6.07, 6.45) is 3.52. The van der Waals surface area contributed by atoms with Gasteiger partial charge in [0.25, 0.3) is 5.91 Å². The van der Waals surface area contributed by atoms with Gasteiger partial charge in [-0.1, -0.05) is 30.3 Å². The van der Waals surface area contributed by atoms with Gasteiger partial charge in [0.15, 0.2) is 0 Å². The Morgan fingerprint density at radius 3 is 2.56 bits per heavy atom. The zero-order valence-corrected chi connectivity index (χ0v) is 17.3. The molecule has 2 aliphatic heterocycles. The molecule has 3 atom stereocenters. The van der Waals surface area contributed by atoms with Gasteiger partial charge in [0.05, 0.1) is 11.6 Å². The van der Waals surface area contributed by atoms with Crippen molar-refractivity contribution in [2.75, 3.05) is 13.1 Å². The fourth-order valence-electron chi connectivity index (χ4n) is 4.77. The molecule has 1 aromatic heterocycles. The molecule has 1 aromatic carbocycles. The first-order valence-electron chi connectivity index (χ1n) is 9.83. The quantitative estimate of drug-likeness (QED) is 0.860. The van der Waals surface area contributed by atoms with Crippen molar-refractivity contribution in [2.45, 2.75) is 58.2 Å². The third-order valence-electron chi connectivity index (χ3n) is 6.19. The molecule has 27 heavy (non-hydrogen) atoms. The molecular formula is C22H30ClN3O. The van der Waals surface area contributed by atoms with E-state index in [1.54, 1.807) is 0 Å². The van der Waals surface area contributed by atoms with E-state index in [2.05, 4.69) is 65.9 Å². The molecule has 3 unspecified atom stereocenters. The molecule has 4 rings (SSSR count). The Morgan fingerprint density at radius 2 is 1.81 bits per heavy atom. The third kappa shape index (κ3) is 3.78. The number of aromatic nitrogens is 1. The summed E-state index contributed by atoms with van der Waals surface area (Å²) in [6.45, 7) is 8.10. The molecule has 1 amide bonds. The standard InChI is InChI=1S/C22H29N3O.ClH/c1-15-13-21(17(3)25(15)16(2)18-7-5-4-6-8-18)22(26)24-12-11-19-9-10-20(14-24)23-19;/h4-8,13,16,19-20,23H,9-12,14H2,1-3H3;1H.